The third-order valence-corrected chi connectivity index (χ3v) is 6.10. The highest BCUT2D eigenvalue weighted by molar-refractivity contribution is 7.14. The predicted molar refractivity (Wildman–Crippen MR) is 100 cm³/mol. The SMILES string of the molecule is Cc1nc(C(C)C)sc1C(=O)Nc1ccc2c3c(cccc13)CC2. The summed E-state index contributed by atoms with van der Waals surface area (Å²) in [4.78, 5) is 18.0. The van der Waals surface area contributed by atoms with E-state index in [2.05, 4.69) is 48.4 Å². The van der Waals surface area contributed by atoms with Gasteiger partial charge in [-0.05, 0) is 42.3 Å². The molecule has 0 atom stereocenters. The van der Waals surface area contributed by atoms with E-state index in [0.29, 0.717) is 10.8 Å². The van der Waals surface area contributed by atoms with Gasteiger partial charge in [-0.3, -0.25) is 4.79 Å². The minimum Gasteiger partial charge on any atom is -0.321 e. The molecular weight excluding hydrogens is 316 g/mol. The fourth-order valence-electron chi connectivity index (χ4n) is 3.41. The van der Waals surface area contributed by atoms with Crippen LogP contribution >= 0.6 is 11.3 Å². The number of thiazole rings is 1. The Balaban J connectivity index is 1.72. The summed E-state index contributed by atoms with van der Waals surface area (Å²) in [5.74, 6) is 0.280. The molecule has 24 heavy (non-hydrogen) atoms. The molecule has 0 saturated carbocycles. The number of benzene rings is 2. The summed E-state index contributed by atoms with van der Waals surface area (Å²) >= 11 is 1.50. The summed E-state index contributed by atoms with van der Waals surface area (Å²) in [6, 6.07) is 10.5. The summed E-state index contributed by atoms with van der Waals surface area (Å²) in [5, 5.41) is 6.58. The van der Waals surface area contributed by atoms with Crippen LogP contribution < -0.4 is 5.32 Å². The number of rotatable bonds is 3. The third kappa shape index (κ3) is 2.42. The molecule has 3 nitrogen and oxygen atoms in total. The molecule has 1 aliphatic rings. The largest absolute Gasteiger partial charge is 0.321 e. The zero-order chi connectivity index (χ0) is 16.8. The van der Waals surface area contributed by atoms with Gasteiger partial charge in [0.05, 0.1) is 10.7 Å². The first-order valence-electron chi connectivity index (χ1n) is 8.36. The average Bonchev–Trinajstić information content (AvgIpc) is 3.15. The minimum absolute atomic E-state index is 0.0596. The fraction of sp³-hybridized carbons (Fsp3) is 0.300. The van der Waals surface area contributed by atoms with Crippen LogP contribution in [-0.4, -0.2) is 10.9 Å². The van der Waals surface area contributed by atoms with Gasteiger partial charge in [0.15, 0.2) is 0 Å². The lowest BCUT2D eigenvalue weighted by atomic mass is 10.0. The molecule has 1 amide bonds. The second kappa shape index (κ2) is 5.71. The maximum atomic E-state index is 12.8. The third-order valence-electron chi connectivity index (χ3n) is 4.64. The number of aromatic nitrogens is 1. The lowest BCUT2D eigenvalue weighted by Gasteiger charge is -2.10. The molecule has 0 bridgehead atoms. The first kappa shape index (κ1) is 15.3. The highest BCUT2D eigenvalue weighted by atomic mass is 32.1. The van der Waals surface area contributed by atoms with Crippen molar-refractivity contribution in [2.75, 3.05) is 5.32 Å². The normalized spacial score (nSPS) is 13.0. The van der Waals surface area contributed by atoms with Gasteiger partial charge in [0.2, 0.25) is 0 Å². The molecule has 0 saturated heterocycles. The Labute approximate surface area is 145 Å². The van der Waals surface area contributed by atoms with E-state index in [0.717, 1.165) is 34.6 Å². The van der Waals surface area contributed by atoms with Gasteiger partial charge in [-0.25, -0.2) is 4.98 Å². The van der Waals surface area contributed by atoms with E-state index in [4.69, 9.17) is 0 Å². The van der Waals surface area contributed by atoms with E-state index in [1.54, 1.807) is 0 Å². The van der Waals surface area contributed by atoms with Crippen molar-refractivity contribution in [3.63, 3.8) is 0 Å². The summed E-state index contributed by atoms with van der Waals surface area (Å²) in [6.07, 6.45) is 2.19. The summed E-state index contributed by atoms with van der Waals surface area (Å²) in [5.41, 5.74) is 4.47. The van der Waals surface area contributed by atoms with Crippen LogP contribution in [-0.2, 0) is 12.8 Å². The average molecular weight is 336 g/mol. The summed E-state index contributed by atoms with van der Waals surface area (Å²) in [7, 11) is 0. The lowest BCUT2D eigenvalue weighted by Crippen LogP contribution is -2.12. The molecule has 1 aromatic heterocycles. The number of hydrogen-bond acceptors (Lipinski definition) is 3. The molecule has 1 N–H and O–H groups in total. The van der Waals surface area contributed by atoms with E-state index < -0.39 is 0 Å². The van der Waals surface area contributed by atoms with Gasteiger partial charge in [-0.1, -0.05) is 38.1 Å². The van der Waals surface area contributed by atoms with Crippen LogP contribution in [0, 0.1) is 6.92 Å². The standard InChI is InChI=1S/C20H20N2OS/c1-11(2)20-21-12(3)18(24-20)19(23)22-16-10-9-14-8-7-13-5-4-6-15(16)17(13)14/h4-6,9-11H,7-8H2,1-3H3,(H,22,23). The number of carbonyl (C=O) groups excluding carboxylic acids is 1. The van der Waals surface area contributed by atoms with Crippen molar-refractivity contribution in [3.05, 3.63) is 57.0 Å². The van der Waals surface area contributed by atoms with Crippen molar-refractivity contribution in [2.45, 2.75) is 39.5 Å². The van der Waals surface area contributed by atoms with Crippen LogP contribution in [0.2, 0.25) is 0 Å². The molecule has 4 rings (SSSR count). The van der Waals surface area contributed by atoms with Gasteiger partial charge in [0.25, 0.3) is 5.91 Å². The number of hydrogen-bond donors (Lipinski definition) is 1. The molecule has 122 valence electrons. The van der Waals surface area contributed by atoms with Crippen LogP contribution in [0.4, 0.5) is 5.69 Å². The van der Waals surface area contributed by atoms with E-state index in [-0.39, 0.29) is 5.91 Å². The Morgan fingerprint density at radius 2 is 1.92 bits per heavy atom. The van der Waals surface area contributed by atoms with Gasteiger partial charge < -0.3 is 5.32 Å². The van der Waals surface area contributed by atoms with Gasteiger partial charge in [0, 0.05) is 17.0 Å². The van der Waals surface area contributed by atoms with Crippen molar-refractivity contribution in [1.29, 1.82) is 0 Å². The van der Waals surface area contributed by atoms with E-state index in [9.17, 15) is 4.79 Å². The number of amides is 1. The molecule has 0 aliphatic heterocycles. The maximum absolute atomic E-state index is 12.8. The molecule has 0 spiro atoms. The number of aryl methyl sites for hydroxylation is 3. The molecule has 2 aromatic carbocycles. The van der Waals surface area contributed by atoms with Crippen LogP contribution in [0.1, 0.15) is 51.3 Å². The zero-order valence-corrected chi connectivity index (χ0v) is 15.0. The second-order valence-electron chi connectivity index (χ2n) is 6.69. The van der Waals surface area contributed by atoms with Crippen molar-refractivity contribution in [1.82, 2.24) is 4.98 Å². The van der Waals surface area contributed by atoms with Crippen molar-refractivity contribution >= 4 is 33.7 Å². The summed E-state index contributed by atoms with van der Waals surface area (Å²) < 4.78 is 0. The number of nitrogens with one attached hydrogen (secondary N) is 1. The molecule has 3 aromatic rings. The van der Waals surface area contributed by atoms with E-state index in [1.165, 1.54) is 27.8 Å². The monoisotopic (exact) mass is 336 g/mol. The molecule has 1 heterocycles. The van der Waals surface area contributed by atoms with Gasteiger partial charge in [-0.15, -0.1) is 11.3 Å². The van der Waals surface area contributed by atoms with Crippen molar-refractivity contribution < 1.29 is 4.79 Å². The number of anilines is 1. The topological polar surface area (TPSA) is 42.0 Å². The molecule has 1 aliphatic carbocycles. The Morgan fingerprint density at radius 3 is 2.62 bits per heavy atom. The Hall–Kier alpha value is -2.20. The smallest absolute Gasteiger partial charge is 0.267 e. The Morgan fingerprint density at radius 1 is 1.17 bits per heavy atom. The Kier molecular flexibility index (Phi) is 3.65. The van der Waals surface area contributed by atoms with Crippen LogP contribution in [0.5, 0.6) is 0 Å². The second-order valence-corrected chi connectivity index (χ2v) is 7.72. The molecule has 0 fully saturated rings. The van der Waals surface area contributed by atoms with Gasteiger partial charge >= 0.3 is 0 Å². The summed E-state index contributed by atoms with van der Waals surface area (Å²) in [6.45, 7) is 6.11. The predicted octanol–water partition coefficient (Wildman–Crippen LogP) is 5.08. The van der Waals surface area contributed by atoms with E-state index in [1.807, 2.05) is 13.0 Å². The minimum atomic E-state index is -0.0596. The molecule has 4 heteroatoms. The van der Waals surface area contributed by atoms with Crippen molar-refractivity contribution in [2.24, 2.45) is 0 Å². The highest BCUT2D eigenvalue weighted by Crippen LogP contribution is 2.35. The maximum Gasteiger partial charge on any atom is 0.267 e. The Bertz CT molecular complexity index is 945. The molecular formula is C20H20N2OS. The first-order chi connectivity index (χ1) is 11.5. The molecule has 0 unspecified atom stereocenters. The van der Waals surface area contributed by atoms with Crippen LogP contribution in [0.15, 0.2) is 30.3 Å². The quantitative estimate of drug-likeness (QED) is 0.725. The number of carbonyl (C=O) groups is 1. The number of nitrogens with zero attached hydrogens (tertiary/aromatic N) is 1. The molecule has 0 radical (unpaired) electrons. The highest BCUT2D eigenvalue weighted by Gasteiger charge is 2.20. The van der Waals surface area contributed by atoms with Crippen LogP contribution in [0.25, 0.3) is 10.8 Å². The van der Waals surface area contributed by atoms with Gasteiger partial charge in [0.1, 0.15) is 4.88 Å². The lowest BCUT2D eigenvalue weighted by molar-refractivity contribution is 0.103. The van der Waals surface area contributed by atoms with E-state index >= 15 is 0 Å². The fourth-order valence-corrected chi connectivity index (χ4v) is 4.37. The first-order valence-corrected chi connectivity index (χ1v) is 9.18. The van der Waals surface area contributed by atoms with Gasteiger partial charge in [-0.2, -0.15) is 0 Å². The van der Waals surface area contributed by atoms with Crippen molar-refractivity contribution in [3.8, 4) is 0 Å². The van der Waals surface area contributed by atoms with Crippen LogP contribution in [0.3, 0.4) is 0 Å². The zero-order valence-electron chi connectivity index (χ0n) is 14.1.